The van der Waals surface area contributed by atoms with Gasteiger partial charge in [-0.05, 0) is 70.0 Å². The summed E-state index contributed by atoms with van der Waals surface area (Å²) >= 11 is 0. The largest absolute Gasteiger partial charge is 0.490 e. The molecule has 0 bridgehead atoms. The summed E-state index contributed by atoms with van der Waals surface area (Å²) in [6, 6.07) is 15.3. The van der Waals surface area contributed by atoms with E-state index in [1.165, 1.54) is 5.56 Å². The smallest absolute Gasteiger partial charge is 0.263 e. The molecular formula is C26H28N4O3. The van der Waals surface area contributed by atoms with E-state index in [4.69, 9.17) is 14.5 Å². The van der Waals surface area contributed by atoms with Gasteiger partial charge in [0.2, 0.25) is 0 Å². The maximum absolute atomic E-state index is 12.7. The molecule has 4 rings (SSSR count). The second-order valence-corrected chi connectivity index (χ2v) is 8.07. The Morgan fingerprint density at radius 3 is 2.42 bits per heavy atom. The predicted molar refractivity (Wildman–Crippen MR) is 130 cm³/mol. The van der Waals surface area contributed by atoms with Crippen LogP contribution in [0.4, 0.5) is 5.82 Å². The number of benzene rings is 2. The van der Waals surface area contributed by atoms with Gasteiger partial charge >= 0.3 is 0 Å². The van der Waals surface area contributed by atoms with E-state index in [1.54, 1.807) is 10.7 Å². The molecular weight excluding hydrogens is 416 g/mol. The number of pyridine rings is 1. The minimum atomic E-state index is -0.299. The van der Waals surface area contributed by atoms with Gasteiger partial charge in [-0.3, -0.25) is 4.79 Å². The molecule has 7 heteroatoms. The van der Waals surface area contributed by atoms with E-state index in [9.17, 15) is 4.79 Å². The van der Waals surface area contributed by atoms with Gasteiger partial charge in [-0.2, -0.15) is 9.78 Å². The minimum absolute atomic E-state index is 0.156. The van der Waals surface area contributed by atoms with Crippen molar-refractivity contribution in [3.63, 3.8) is 0 Å². The summed E-state index contributed by atoms with van der Waals surface area (Å²) in [4.78, 5) is 17.5. The molecule has 2 aromatic heterocycles. The van der Waals surface area contributed by atoms with Crippen molar-refractivity contribution in [3.05, 3.63) is 70.9 Å². The average molecular weight is 445 g/mol. The first-order valence-electron chi connectivity index (χ1n) is 11.0. The topological polar surface area (TPSA) is 78.3 Å². The molecule has 0 aliphatic carbocycles. The van der Waals surface area contributed by atoms with Crippen LogP contribution in [0.3, 0.4) is 0 Å². The molecule has 170 valence electrons. The number of fused-ring (bicyclic) bond motifs is 1. The first-order valence-corrected chi connectivity index (χ1v) is 11.0. The van der Waals surface area contributed by atoms with Crippen LogP contribution in [0.2, 0.25) is 0 Å². The third-order valence-corrected chi connectivity index (χ3v) is 5.27. The highest BCUT2D eigenvalue weighted by Gasteiger charge is 2.15. The first kappa shape index (κ1) is 22.3. The van der Waals surface area contributed by atoms with Crippen molar-refractivity contribution in [2.75, 3.05) is 18.5 Å². The zero-order valence-corrected chi connectivity index (χ0v) is 19.6. The monoisotopic (exact) mass is 444 g/mol. The van der Waals surface area contributed by atoms with Gasteiger partial charge in [-0.1, -0.05) is 23.8 Å². The molecule has 33 heavy (non-hydrogen) atoms. The van der Waals surface area contributed by atoms with Crippen LogP contribution >= 0.6 is 0 Å². The number of nitrogens with one attached hydrogen (secondary N) is 1. The zero-order chi connectivity index (χ0) is 23.5. The van der Waals surface area contributed by atoms with E-state index in [1.807, 2.05) is 44.2 Å². The highest BCUT2D eigenvalue weighted by Crippen LogP contribution is 2.27. The van der Waals surface area contributed by atoms with Crippen LogP contribution in [-0.2, 0) is 4.79 Å². The van der Waals surface area contributed by atoms with E-state index in [2.05, 4.69) is 43.3 Å². The van der Waals surface area contributed by atoms with Gasteiger partial charge in [0, 0.05) is 11.5 Å². The van der Waals surface area contributed by atoms with Crippen molar-refractivity contribution in [1.29, 1.82) is 0 Å². The molecule has 0 radical (unpaired) electrons. The van der Waals surface area contributed by atoms with Crippen LogP contribution < -0.4 is 14.8 Å². The summed E-state index contributed by atoms with van der Waals surface area (Å²) in [5, 5.41) is 8.58. The van der Waals surface area contributed by atoms with Crippen molar-refractivity contribution in [1.82, 2.24) is 14.8 Å². The summed E-state index contributed by atoms with van der Waals surface area (Å²) in [5.41, 5.74) is 5.10. The first-order chi connectivity index (χ1) is 15.9. The van der Waals surface area contributed by atoms with Crippen LogP contribution in [-0.4, -0.2) is 33.9 Å². The van der Waals surface area contributed by atoms with Crippen molar-refractivity contribution in [2.24, 2.45) is 0 Å². The van der Waals surface area contributed by atoms with Crippen LogP contribution in [0.25, 0.3) is 16.7 Å². The molecule has 0 aliphatic rings. The number of hydrogen-bond donors (Lipinski definition) is 1. The fourth-order valence-corrected chi connectivity index (χ4v) is 3.87. The number of ether oxygens (including phenoxy) is 2. The van der Waals surface area contributed by atoms with Crippen molar-refractivity contribution >= 4 is 22.6 Å². The molecule has 1 amide bonds. The Kier molecular flexibility index (Phi) is 6.31. The van der Waals surface area contributed by atoms with Crippen molar-refractivity contribution in [3.8, 4) is 17.3 Å². The van der Waals surface area contributed by atoms with Crippen molar-refractivity contribution in [2.45, 2.75) is 34.6 Å². The number of aryl methyl sites for hydroxylation is 4. The normalized spacial score (nSPS) is 10.9. The summed E-state index contributed by atoms with van der Waals surface area (Å²) in [7, 11) is 0. The lowest BCUT2D eigenvalue weighted by Gasteiger charge is -2.13. The highest BCUT2D eigenvalue weighted by atomic mass is 16.5. The highest BCUT2D eigenvalue weighted by molar-refractivity contribution is 5.91. The van der Waals surface area contributed by atoms with E-state index in [0.717, 1.165) is 27.7 Å². The zero-order valence-electron chi connectivity index (χ0n) is 19.6. The molecule has 0 fully saturated rings. The number of amides is 1. The minimum Gasteiger partial charge on any atom is -0.490 e. The predicted octanol–water partition coefficient (Wildman–Crippen LogP) is 5.07. The van der Waals surface area contributed by atoms with Crippen LogP contribution in [0.15, 0.2) is 48.5 Å². The van der Waals surface area contributed by atoms with E-state index >= 15 is 0 Å². The Morgan fingerprint density at radius 2 is 1.70 bits per heavy atom. The van der Waals surface area contributed by atoms with Gasteiger partial charge in [0.15, 0.2) is 23.9 Å². The van der Waals surface area contributed by atoms with Gasteiger partial charge in [0.05, 0.1) is 17.8 Å². The maximum atomic E-state index is 12.7. The van der Waals surface area contributed by atoms with E-state index < -0.39 is 0 Å². The van der Waals surface area contributed by atoms with Gasteiger partial charge in [-0.15, -0.1) is 0 Å². The van der Waals surface area contributed by atoms with E-state index in [-0.39, 0.29) is 12.5 Å². The second kappa shape index (κ2) is 9.32. The van der Waals surface area contributed by atoms with Crippen molar-refractivity contribution < 1.29 is 14.3 Å². The molecule has 0 saturated heterocycles. The standard InChI is InChI=1S/C26H28N4O3/c1-6-32-21-9-7-8-10-22(21)33-15-25(31)27-24-14-19(5)29-30(24)23-13-17(3)20-12-16(2)11-18(4)26(20)28-23/h7-14H,6,15H2,1-5H3,(H,27,31). The fourth-order valence-electron chi connectivity index (χ4n) is 3.87. The number of nitrogens with zero attached hydrogens (tertiary/aromatic N) is 3. The Bertz CT molecular complexity index is 1330. The van der Waals surface area contributed by atoms with E-state index in [0.29, 0.717) is 29.7 Å². The molecule has 0 saturated carbocycles. The molecule has 0 spiro atoms. The van der Waals surface area contributed by atoms with Crippen LogP contribution in [0.5, 0.6) is 11.5 Å². The number of rotatable bonds is 7. The Labute approximate surface area is 193 Å². The van der Waals surface area contributed by atoms with Crippen LogP contribution in [0, 0.1) is 27.7 Å². The lowest BCUT2D eigenvalue weighted by atomic mass is 10.0. The van der Waals surface area contributed by atoms with Crippen LogP contribution in [0.1, 0.15) is 29.3 Å². The summed E-state index contributed by atoms with van der Waals surface area (Å²) in [6.45, 7) is 10.3. The summed E-state index contributed by atoms with van der Waals surface area (Å²) in [6.07, 6.45) is 0. The average Bonchev–Trinajstić information content (AvgIpc) is 3.14. The maximum Gasteiger partial charge on any atom is 0.263 e. The summed E-state index contributed by atoms with van der Waals surface area (Å²) in [5.74, 6) is 2.02. The SMILES string of the molecule is CCOc1ccccc1OCC(=O)Nc1cc(C)nn1-c1cc(C)c2cc(C)cc(C)c2n1. The van der Waals surface area contributed by atoms with Gasteiger partial charge in [0.25, 0.3) is 5.91 Å². The third-order valence-electron chi connectivity index (χ3n) is 5.27. The summed E-state index contributed by atoms with van der Waals surface area (Å²) < 4.78 is 12.9. The number of hydrogen-bond acceptors (Lipinski definition) is 5. The molecule has 0 unspecified atom stereocenters. The molecule has 4 aromatic rings. The molecule has 0 aliphatic heterocycles. The second-order valence-electron chi connectivity index (χ2n) is 8.07. The Balaban J connectivity index is 1.58. The molecule has 1 N–H and O–H groups in total. The fraction of sp³-hybridized carbons (Fsp3) is 0.269. The lowest BCUT2D eigenvalue weighted by molar-refractivity contribution is -0.118. The molecule has 0 atom stereocenters. The number of aromatic nitrogens is 3. The quantitative estimate of drug-likeness (QED) is 0.431. The molecule has 7 nitrogen and oxygen atoms in total. The number of carbonyl (C=O) groups is 1. The third kappa shape index (κ3) is 4.82. The van der Waals surface area contributed by atoms with Gasteiger partial charge in [0.1, 0.15) is 5.82 Å². The number of para-hydroxylation sites is 2. The molecule has 2 heterocycles. The molecule has 2 aromatic carbocycles. The van der Waals surface area contributed by atoms with Gasteiger partial charge in [-0.25, -0.2) is 4.98 Å². The number of carbonyl (C=O) groups excluding carboxylic acids is 1. The Morgan fingerprint density at radius 1 is 0.970 bits per heavy atom. The lowest BCUT2D eigenvalue weighted by Crippen LogP contribution is -2.22. The Hall–Kier alpha value is -3.87. The van der Waals surface area contributed by atoms with Gasteiger partial charge < -0.3 is 14.8 Å². The number of anilines is 1.